The Bertz CT molecular complexity index is 969. The third-order valence-electron chi connectivity index (χ3n) is 4.06. The van der Waals surface area contributed by atoms with Gasteiger partial charge in [-0.2, -0.15) is 5.26 Å². The van der Waals surface area contributed by atoms with E-state index in [1.165, 1.54) is 11.3 Å². The molecule has 0 bridgehead atoms. The first-order valence-electron chi connectivity index (χ1n) is 8.20. The molecular weight excluding hydrogens is 348 g/mol. The molecule has 1 atom stereocenters. The fraction of sp³-hybridized carbons (Fsp3) is 0.211. The van der Waals surface area contributed by atoms with Crippen LogP contribution in [0.5, 0.6) is 0 Å². The van der Waals surface area contributed by atoms with Crippen LogP contribution >= 0.6 is 11.3 Å². The van der Waals surface area contributed by atoms with Crippen LogP contribution < -0.4 is 11.1 Å². The SMILES string of the molecule is CCC(C)Nc1sc(C(=O)c2cc(-c3ccccc3)no2)c(N)c1C#N. The van der Waals surface area contributed by atoms with Gasteiger partial charge in [0.25, 0.3) is 0 Å². The van der Waals surface area contributed by atoms with Gasteiger partial charge in [0.1, 0.15) is 27.2 Å². The summed E-state index contributed by atoms with van der Waals surface area (Å²) in [5.74, 6) is -0.285. The molecule has 1 unspecified atom stereocenters. The highest BCUT2D eigenvalue weighted by molar-refractivity contribution is 7.19. The summed E-state index contributed by atoms with van der Waals surface area (Å²) in [5.41, 5.74) is 7.94. The molecule has 0 aliphatic rings. The van der Waals surface area contributed by atoms with Gasteiger partial charge in [-0.1, -0.05) is 42.4 Å². The molecule has 0 amide bonds. The van der Waals surface area contributed by atoms with Crippen molar-refractivity contribution < 1.29 is 9.32 Å². The van der Waals surface area contributed by atoms with E-state index in [4.69, 9.17) is 10.3 Å². The molecule has 3 N–H and O–H groups in total. The van der Waals surface area contributed by atoms with Crippen molar-refractivity contribution in [3.05, 3.63) is 52.6 Å². The maximum Gasteiger partial charge on any atom is 0.243 e. The van der Waals surface area contributed by atoms with Crippen LogP contribution in [0.2, 0.25) is 0 Å². The summed E-state index contributed by atoms with van der Waals surface area (Å²) >= 11 is 1.17. The number of carbonyl (C=O) groups is 1. The number of anilines is 2. The zero-order valence-electron chi connectivity index (χ0n) is 14.4. The monoisotopic (exact) mass is 366 g/mol. The van der Waals surface area contributed by atoms with Gasteiger partial charge in [-0.15, -0.1) is 11.3 Å². The lowest BCUT2D eigenvalue weighted by atomic mass is 10.1. The number of nitrogens with two attached hydrogens (primary N) is 1. The Morgan fingerprint density at radius 2 is 2.15 bits per heavy atom. The van der Waals surface area contributed by atoms with Crippen LogP contribution in [0, 0.1) is 11.3 Å². The Morgan fingerprint density at radius 3 is 2.81 bits per heavy atom. The number of ketones is 1. The molecule has 7 heteroatoms. The number of thiophene rings is 1. The largest absolute Gasteiger partial charge is 0.396 e. The first-order chi connectivity index (χ1) is 12.5. The number of benzene rings is 1. The minimum absolute atomic E-state index is 0.0939. The third kappa shape index (κ3) is 3.32. The fourth-order valence-corrected chi connectivity index (χ4v) is 3.52. The second-order valence-corrected chi connectivity index (χ2v) is 6.91. The van der Waals surface area contributed by atoms with Crippen molar-refractivity contribution in [2.45, 2.75) is 26.3 Å². The Kier molecular flexibility index (Phi) is 5.05. The van der Waals surface area contributed by atoms with Crippen LogP contribution in [0.25, 0.3) is 11.3 Å². The molecular formula is C19H18N4O2S. The highest BCUT2D eigenvalue weighted by Gasteiger charge is 2.25. The number of hydrogen-bond acceptors (Lipinski definition) is 7. The number of hydrogen-bond donors (Lipinski definition) is 2. The highest BCUT2D eigenvalue weighted by Crippen LogP contribution is 2.37. The second-order valence-electron chi connectivity index (χ2n) is 5.89. The third-order valence-corrected chi connectivity index (χ3v) is 5.19. The summed E-state index contributed by atoms with van der Waals surface area (Å²) in [6.45, 7) is 4.04. The molecule has 26 heavy (non-hydrogen) atoms. The first kappa shape index (κ1) is 17.7. The van der Waals surface area contributed by atoms with E-state index in [1.54, 1.807) is 6.07 Å². The van der Waals surface area contributed by atoms with Gasteiger partial charge in [0.05, 0.1) is 5.69 Å². The Labute approximate surface area is 155 Å². The van der Waals surface area contributed by atoms with Crippen molar-refractivity contribution >= 4 is 27.8 Å². The van der Waals surface area contributed by atoms with Gasteiger partial charge in [0.15, 0.2) is 0 Å². The number of carbonyl (C=O) groups excluding carboxylic acids is 1. The molecule has 1 aromatic carbocycles. The zero-order chi connectivity index (χ0) is 18.7. The average Bonchev–Trinajstić information content (AvgIpc) is 3.27. The van der Waals surface area contributed by atoms with E-state index in [-0.39, 0.29) is 28.1 Å². The quantitative estimate of drug-likeness (QED) is 0.630. The Hall–Kier alpha value is -3.11. The minimum Gasteiger partial charge on any atom is -0.396 e. The lowest BCUT2D eigenvalue weighted by Gasteiger charge is -2.10. The molecule has 0 aliphatic heterocycles. The van der Waals surface area contributed by atoms with Gasteiger partial charge in [-0.05, 0) is 13.3 Å². The Morgan fingerprint density at radius 1 is 1.42 bits per heavy atom. The number of rotatable bonds is 6. The van der Waals surface area contributed by atoms with Crippen LogP contribution in [0.4, 0.5) is 10.7 Å². The van der Waals surface area contributed by atoms with Crippen molar-refractivity contribution in [3.8, 4) is 17.3 Å². The van der Waals surface area contributed by atoms with Crippen LogP contribution in [0.3, 0.4) is 0 Å². The summed E-state index contributed by atoms with van der Waals surface area (Å²) in [7, 11) is 0. The van der Waals surface area contributed by atoms with E-state index in [0.29, 0.717) is 16.3 Å². The van der Waals surface area contributed by atoms with Gasteiger partial charge in [-0.25, -0.2) is 0 Å². The predicted octanol–water partition coefficient (Wildman–Crippen LogP) is 4.30. The molecule has 0 spiro atoms. The smallest absolute Gasteiger partial charge is 0.243 e. The van der Waals surface area contributed by atoms with Gasteiger partial charge in [0.2, 0.25) is 11.5 Å². The molecule has 0 saturated heterocycles. The van der Waals surface area contributed by atoms with Gasteiger partial charge >= 0.3 is 0 Å². The van der Waals surface area contributed by atoms with Crippen molar-refractivity contribution in [2.24, 2.45) is 0 Å². The molecule has 0 aliphatic carbocycles. The predicted molar refractivity (Wildman–Crippen MR) is 102 cm³/mol. The highest BCUT2D eigenvalue weighted by atomic mass is 32.1. The topological polar surface area (TPSA) is 105 Å². The average molecular weight is 366 g/mol. The number of nitrogens with zero attached hydrogens (tertiary/aromatic N) is 2. The van der Waals surface area contributed by atoms with Gasteiger partial charge in [-0.3, -0.25) is 4.79 Å². The summed E-state index contributed by atoms with van der Waals surface area (Å²) < 4.78 is 5.22. The number of aromatic nitrogens is 1. The van der Waals surface area contributed by atoms with E-state index >= 15 is 0 Å². The van der Waals surface area contributed by atoms with Gasteiger partial charge in [0, 0.05) is 17.7 Å². The van der Waals surface area contributed by atoms with E-state index in [0.717, 1.165) is 12.0 Å². The van der Waals surface area contributed by atoms with Crippen LogP contribution in [-0.4, -0.2) is 17.0 Å². The van der Waals surface area contributed by atoms with Crippen LogP contribution in [-0.2, 0) is 0 Å². The van der Waals surface area contributed by atoms with E-state index in [2.05, 4.69) is 16.5 Å². The molecule has 3 aromatic rings. The maximum absolute atomic E-state index is 12.8. The molecule has 0 fully saturated rings. The van der Waals surface area contributed by atoms with Crippen molar-refractivity contribution in [3.63, 3.8) is 0 Å². The number of nitrogen functional groups attached to an aromatic ring is 1. The molecule has 0 saturated carbocycles. The van der Waals surface area contributed by atoms with Crippen molar-refractivity contribution in [1.82, 2.24) is 5.16 Å². The maximum atomic E-state index is 12.8. The molecule has 6 nitrogen and oxygen atoms in total. The summed E-state index contributed by atoms with van der Waals surface area (Å²) in [6.07, 6.45) is 0.883. The summed E-state index contributed by atoms with van der Waals surface area (Å²) in [6, 6.07) is 13.3. The number of nitrogens with one attached hydrogen (secondary N) is 1. The van der Waals surface area contributed by atoms with Crippen molar-refractivity contribution in [2.75, 3.05) is 11.1 Å². The fourth-order valence-electron chi connectivity index (χ4n) is 2.39. The van der Waals surface area contributed by atoms with Crippen LogP contribution in [0.1, 0.15) is 41.3 Å². The molecule has 2 aromatic heterocycles. The lowest BCUT2D eigenvalue weighted by Crippen LogP contribution is -2.13. The summed E-state index contributed by atoms with van der Waals surface area (Å²) in [4.78, 5) is 13.1. The number of nitriles is 1. The van der Waals surface area contributed by atoms with E-state index in [9.17, 15) is 10.1 Å². The molecule has 0 radical (unpaired) electrons. The standard InChI is InChI=1S/C19H18N4O2S/c1-3-11(2)22-19-13(10-20)16(21)18(26-19)17(24)15-9-14(23-25-15)12-7-5-4-6-8-12/h4-9,11,22H,3,21H2,1-2H3. The molecule has 2 heterocycles. The zero-order valence-corrected chi connectivity index (χ0v) is 15.3. The van der Waals surface area contributed by atoms with Crippen molar-refractivity contribution in [1.29, 1.82) is 5.26 Å². The lowest BCUT2D eigenvalue weighted by molar-refractivity contribution is 0.100. The Balaban J connectivity index is 1.93. The first-order valence-corrected chi connectivity index (χ1v) is 9.02. The minimum atomic E-state index is -0.379. The second kappa shape index (κ2) is 7.42. The van der Waals surface area contributed by atoms with E-state index in [1.807, 2.05) is 44.2 Å². The molecule has 132 valence electrons. The summed E-state index contributed by atoms with van der Waals surface area (Å²) in [5, 5.41) is 17.2. The van der Waals surface area contributed by atoms with Crippen LogP contribution in [0.15, 0.2) is 40.9 Å². The van der Waals surface area contributed by atoms with E-state index < -0.39 is 0 Å². The molecule has 3 rings (SSSR count). The normalized spacial score (nSPS) is 11.7. The van der Waals surface area contributed by atoms with Gasteiger partial charge < -0.3 is 15.6 Å².